The van der Waals surface area contributed by atoms with Crippen LogP contribution in [0.15, 0.2) is 24.3 Å². The summed E-state index contributed by atoms with van der Waals surface area (Å²) in [6, 6.07) is 9.10. The molecule has 1 fully saturated rings. The molecule has 0 bridgehead atoms. The van der Waals surface area contributed by atoms with Gasteiger partial charge in [-0.25, -0.2) is 0 Å². The van der Waals surface area contributed by atoms with E-state index in [1.54, 1.807) is 11.1 Å². The van der Waals surface area contributed by atoms with Crippen LogP contribution < -0.4 is 5.32 Å². The molecule has 2 aliphatic carbocycles. The average molecular weight is 258 g/mol. The number of hydrogen-bond donors (Lipinski definition) is 1. The lowest BCUT2D eigenvalue weighted by Gasteiger charge is -2.16. The maximum atomic E-state index is 3.41. The number of hydrogen-bond acceptors (Lipinski definition) is 2. The Labute approximate surface area is 117 Å². The molecular weight excluding hydrogens is 232 g/mol. The maximum absolute atomic E-state index is 3.41. The van der Waals surface area contributed by atoms with Gasteiger partial charge in [0.1, 0.15) is 0 Å². The van der Waals surface area contributed by atoms with Gasteiger partial charge in [0.2, 0.25) is 0 Å². The summed E-state index contributed by atoms with van der Waals surface area (Å²) in [6.07, 6.45) is 2.71. The highest BCUT2D eigenvalue weighted by atomic mass is 15.1. The first-order valence-corrected chi connectivity index (χ1v) is 7.78. The van der Waals surface area contributed by atoms with Crippen LogP contribution in [0.3, 0.4) is 0 Å². The van der Waals surface area contributed by atoms with Crippen molar-refractivity contribution in [3.05, 3.63) is 35.4 Å². The van der Waals surface area contributed by atoms with E-state index >= 15 is 0 Å². The van der Waals surface area contributed by atoms with E-state index in [0.29, 0.717) is 0 Å². The lowest BCUT2D eigenvalue weighted by molar-refractivity contribution is 0.311. The number of likely N-dealkylation sites (N-methyl/N-ethyl adjacent to an activating group) is 2. The van der Waals surface area contributed by atoms with Gasteiger partial charge >= 0.3 is 0 Å². The SMILES string of the molecule is CCNCCN(C)CC1C2CCc3ccccc3C21. The first-order valence-electron chi connectivity index (χ1n) is 7.78. The van der Waals surface area contributed by atoms with Crippen molar-refractivity contribution in [1.29, 1.82) is 0 Å². The third-order valence-corrected chi connectivity index (χ3v) is 4.94. The number of nitrogens with one attached hydrogen (secondary N) is 1. The van der Waals surface area contributed by atoms with Crippen molar-refractivity contribution < 1.29 is 0 Å². The van der Waals surface area contributed by atoms with Crippen LogP contribution in [-0.4, -0.2) is 38.1 Å². The number of rotatable bonds is 6. The summed E-state index contributed by atoms with van der Waals surface area (Å²) in [5, 5.41) is 3.41. The molecule has 3 rings (SSSR count). The van der Waals surface area contributed by atoms with Gasteiger partial charge in [0.25, 0.3) is 0 Å². The minimum Gasteiger partial charge on any atom is -0.316 e. The summed E-state index contributed by atoms with van der Waals surface area (Å²) >= 11 is 0. The fraction of sp³-hybridized carbons (Fsp3) is 0.647. The van der Waals surface area contributed by atoms with Crippen LogP contribution in [0.5, 0.6) is 0 Å². The van der Waals surface area contributed by atoms with Crippen LogP contribution in [0.4, 0.5) is 0 Å². The Morgan fingerprint density at radius 2 is 2.16 bits per heavy atom. The summed E-state index contributed by atoms with van der Waals surface area (Å²) in [5.74, 6) is 2.75. The van der Waals surface area contributed by atoms with E-state index in [-0.39, 0.29) is 0 Å². The monoisotopic (exact) mass is 258 g/mol. The second-order valence-electron chi connectivity index (χ2n) is 6.21. The largest absolute Gasteiger partial charge is 0.316 e. The van der Waals surface area contributed by atoms with Crippen molar-refractivity contribution in [2.45, 2.75) is 25.7 Å². The van der Waals surface area contributed by atoms with E-state index in [9.17, 15) is 0 Å². The van der Waals surface area contributed by atoms with Gasteiger partial charge in [-0.05, 0) is 55.3 Å². The molecule has 104 valence electrons. The molecule has 1 aromatic rings. The zero-order chi connectivity index (χ0) is 13.2. The maximum Gasteiger partial charge on any atom is 0.0104 e. The number of benzene rings is 1. The smallest absolute Gasteiger partial charge is 0.0104 e. The third kappa shape index (κ3) is 2.70. The molecule has 1 saturated carbocycles. The Hall–Kier alpha value is -0.860. The molecule has 0 spiro atoms. The number of aryl methyl sites for hydroxylation is 1. The Kier molecular flexibility index (Phi) is 3.90. The van der Waals surface area contributed by atoms with Crippen LogP contribution >= 0.6 is 0 Å². The summed E-state index contributed by atoms with van der Waals surface area (Å²) < 4.78 is 0. The van der Waals surface area contributed by atoms with E-state index in [4.69, 9.17) is 0 Å². The quantitative estimate of drug-likeness (QED) is 0.789. The van der Waals surface area contributed by atoms with Gasteiger partial charge in [0.05, 0.1) is 0 Å². The topological polar surface area (TPSA) is 15.3 Å². The molecule has 0 saturated heterocycles. The highest BCUT2D eigenvalue weighted by Crippen LogP contribution is 2.59. The van der Waals surface area contributed by atoms with Gasteiger partial charge in [-0.15, -0.1) is 0 Å². The van der Waals surface area contributed by atoms with Crippen molar-refractivity contribution in [3.63, 3.8) is 0 Å². The van der Waals surface area contributed by atoms with E-state index in [1.807, 2.05) is 0 Å². The molecule has 0 radical (unpaired) electrons. The van der Waals surface area contributed by atoms with Gasteiger partial charge in [-0.3, -0.25) is 0 Å². The standard InChI is InChI=1S/C17H26N2/c1-3-18-10-11-19(2)12-16-15-9-8-13-6-4-5-7-14(13)17(15)16/h4-7,15-18H,3,8-12H2,1-2H3. The molecule has 1 N–H and O–H groups in total. The Morgan fingerprint density at radius 1 is 1.32 bits per heavy atom. The molecule has 0 aliphatic heterocycles. The van der Waals surface area contributed by atoms with Crippen molar-refractivity contribution in [3.8, 4) is 0 Å². The van der Waals surface area contributed by atoms with Crippen LogP contribution in [0, 0.1) is 11.8 Å². The summed E-state index contributed by atoms with van der Waals surface area (Å²) in [7, 11) is 2.27. The second-order valence-corrected chi connectivity index (χ2v) is 6.21. The molecule has 0 aromatic heterocycles. The molecule has 0 amide bonds. The molecule has 2 heteroatoms. The zero-order valence-corrected chi connectivity index (χ0v) is 12.2. The van der Waals surface area contributed by atoms with Gasteiger partial charge in [0.15, 0.2) is 0 Å². The summed E-state index contributed by atoms with van der Waals surface area (Å²) in [6.45, 7) is 6.81. The number of nitrogens with zero attached hydrogens (tertiary/aromatic N) is 1. The second kappa shape index (κ2) is 5.64. The predicted molar refractivity (Wildman–Crippen MR) is 80.5 cm³/mol. The van der Waals surface area contributed by atoms with E-state index < -0.39 is 0 Å². The highest BCUT2D eigenvalue weighted by molar-refractivity contribution is 5.39. The van der Waals surface area contributed by atoms with Crippen LogP contribution in [0.25, 0.3) is 0 Å². The molecule has 1 aromatic carbocycles. The molecule has 19 heavy (non-hydrogen) atoms. The third-order valence-electron chi connectivity index (χ3n) is 4.94. The molecule has 3 atom stereocenters. The first-order chi connectivity index (χ1) is 9.31. The van der Waals surface area contributed by atoms with Crippen molar-refractivity contribution in [1.82, 2.24) is 10.2 Å². The molecular formula is C17H26N2. The number of fused-ring (bicyclic) bond motifs is 3. The lowest BCUT2D eigenvalue weighted by Crippen LogP contribution is -2.30. The summed E-state index contributed by atoms with van der Waals surface area (Å²) in [4.78, 5) is 2.51. The van der Waals surface area contributed by atoms with Crippen molar-refractivity contribution in [2.75, 3.05) is 33.2 Å². The van der Waals surface area contributed by atoms with Crippen molar-refractivity contribution in [2.24, 2.45) is 11.8 Å². The highest BCUT2D eigenvalue weighted by Gasteiger charge is 2.52. The molecule has 2 aliphatic rings. The van der Waals surface area contributed by atoms with E-state index in [1.165, 1.54) is 25.9 Å². The molecule has 3 unspecified atom stereocenters. The lowest BCUT2D eigenvalue weighted by atomic mass is 9.92. The van der Waals surface area contributed by atoms with Crippen LogP contribution in [0.1, 0.15) is 30.4 Å². The normalized spacial score (nSPS) is 28.1. The fourth-order valence-electron chi connectivity index (χ4n) is 3.86. The minimum absolute atomic E-state index is 0.867. The molecule has 2 nitrogen and oxygen atoms in total. The van der Waals surface area contributed by atoms with Gasteiger partial charge in [-0.1, -0.05) is 31.2 Å². The van der Waals surface area contributed by atoms with Gasteiger partial charge in [0, 0.05) is 19.6 Å². The van der Waals surface area contributed by atoms with Crippen LogP contribution in [0.2, 0.25) is 0 Å². The Balaban J connectivity index is 1.56. The first kappa shape index (κ1) is 13.1. The van der Waals surface area contributed by atoms with E-state index in [0.717, 1.165) is 30.8 Å². The fourth-order valence-corrected chi connectivity index (χ4v) is 3.86. The Bertz CT molecular complexity index is 429. The molecule has 0 heterocycles. The predicted octanol–water partition coefficient (Wildman–Crippen LogP) is 2.50. The average Bonchev–Trinajstić information content (AvgIpc) is 3.13. The van der Waals surface area contributed by atoms with E-state index in [2.05, 4.69) is 48.5 Å². The summed E-state index contributed by atoms with van der Waals surface area (Å²) in [5.41, 5.74) is 3.27. The zero-order valence-electron chi connectivity index (χ0n) is 12.2. The van der Waals surface area contributed by atoms with Crippen LogP contribution in [-0.2, 0) is 6.42 Å². The minimum atomic E-state index is 0.867. The van der Waals surface area contributed by atoms with Gasteiger partial charge < -0.3 is 10.2 Å². The van der Waals surface area contributed by atoms with Gasteiger partial charge in [-0.2, -0.15) is 0 Å². The Morgan fingerprint density at radius 3 is 3.00 bits per heavy atom. The van der Waals surface area contributed by atoms with Crippen molar-refractivity contribution >= 4 is 0 Å².